The summed E-state index contributed by atoms with van der Waals surface area (Å²) in [4.78, 5) is 6.89. The second-order valence-corrected chi connectivity index (χ2v) is 6.20. The van der Waals surface area contributed by atoms with E-state index in [2.05, 4.69) is 46.3 Å². The van der Waals surface area contributed by atoms with Crippen molar-refractivity contribution >= 4 is 5.82 Å². The van der Waals surface area contributed by atoms with Gasteiger partial charge in [0.25, 0.3) is 0 Å². The molecule has 23 heavy (non-hydrogen) atoms. The average molecular weight is 315 g/mol. The van der Waals surface area contributed by atoms with E-state index in [-0.39, 0.29) is 12.1 Å². The van der Waals surface area contributed by atoms with Gasteiger partial charge in [-0.3, -0.25) is 4.68 Å². The average Bonchev–Trinajstić information content (AvgIpc) is 3.00. The van der Waals surface area contributed by atoms with Crippen molar-refractivity contribution in [2.45, 2.75) is 32.5 Å². The monoisotopic (exact) mass is 315 g/mol. The molecule has 1 aliphatic heterocycles. The number of aryl methyl sites for hydroxylation is 1. The largest absolute Gasteiger partial charge is 0.375 e. The van der Waals surface area contributed by atoms with Gasteiger partial charge in [0.15, 0.2) is 0 Å². The van der Waals surface area contributed by atoms with E-state index in [1.54, 1.807) is 0 Å². The smallest absolute Gasteiger partial charge is 0.128 e. The highest BCUT2D eigenvalue weighted by Gasteiger charge is 2.17. The van der Waals surface area contributed by atoms with Gasteiger partial charge in [0.05, 0.1) is 18.9 Å². The van der Waals surface area contributed by atoms with Crippen LogP contribution in [0.15, 0.2) is 30.7 Å². The van der Waals surface area contributed by atoms with Crippen LogP contribution in [0.2, 0.25) is 0 Å². The highest BCUT2D eigenvalue weighted by Crippen LogP contribution is 2.16. The number of rotatable bonds is 5. The van der Waals surface area contributed by atoms with Gasteiger partial charge >= 0.3 is 0 Å². The number of morpholine rings is 1. The third-order valence-corrected chi connectivity index (χ3v) is 4.21. The minimum Gasteiger partial charge on any atom is -0.375 e. The number of aromatic nitrogens is 3. The van der Waals surface area contributed by atoms with Crippen molar-refractivity contribution in [1.29, 1.82) is 0 Å². The van der Waals surface area contributed by atoms with Gasteiger partial charge in [0, 0.05) is 50.7 Å². The standard InChI is InChI=1S/C17H25N5O/c1-13-11-22(6-7-23-13)17-5-4-15(9-19-17)8-18-14(2)16-10-20-21(3)12-16/h4-5,9-10,12-14,18H,6-8,11H2,1-3H3. The second-order valence-electron chi connectivity index (χ2n) is 6.20. The lowest BCUT2D eigenvalue weighted by Gasteiger charge is -2.32. The van der Waals surface area contributed by atoms with E-state index in [1.807, 2.05) is 30.3 Å². The summed E-state index contributed by atoms with van der Waals surface area (Å²) in [5, 5.41) is 7.72. The maximum absolute atomic E-state index is 5.58. The Balaban J connectivity index is 1.55. The zero-order chi connectivity index (χ0) is 16.2. The first kappa shape index (κ1) is 16.0. The molecular formula is C17H25N5O. The van der Waals surface area contributed by atoms with Crippen LogP contribution in [0.25, 0.3) is 0 Å². The zero-order valence-corrected chi connectivity index (χ0v) is 14.1. The van der Waals surface area contributed by atoms with Crippen molar-refractivity contribution in [2.24, 2.45) is 7.05 Å². The number of nitrogens with one attached hydrogen (secondary N) is 1. The lowest BCUT2D eigenvalue weighted by molar-refractivity contribution is 0.0529. The van der Waals surface area contributed by atoms with Crippen LogP contribution in [0.4, 0.5) is 5.82 Å². The quantitative estimate of drug-likeness (QED) is 0.913. The summed E-state index contributed by atoms with van der Waals surface area (Å²) in [6.07, 6.45) is 6.17. The van der Waals surface area contributed by atoms with Gasteiger partial charge in [0.2, 0.25) is 0 Å². The molecule has 0 aromatic carbocycles. The van der Waals surface area contributed by atoms with Crippen molar-refractivity contribution in [3.05, 3.63) is 41.9 Å². The Labute approximate surface area is 137 Å². The van der Waals surface area contributed by atoms with Gasteiger partial charge in [0.1, 0.15) is 5.82 Å². The van der Waals surface area contributed by atoms with Gasteiger partial charge in [-0.25, -0.2) is 4.98 Å². The predicted octanol–water partition coefficient (Wildman–Crippen LogP) is 1.89. The molecule has 0 amide bonds. The minimum absolute atomic E-state index is 0.267. The molecule has 1 fully saturated rings. The molecule has 0 radical (unpaired) electrons. The summed E-state index contributed by atoms with van der Waals surface area (Å²) in [6.45, 7) is 7.63. The molecule has 6 heteroatoms. The van der Waals surface area contributed by atoms with Crippen LogP contribution >= 0.6 is 0 Å². The summed E-state index contributed by atoms with van der Waals surface area (Å²) >= 11 is 0. The molecule has 124 valence electrons. The van der Waals surface area contributed by atoms with Crippen LogP contribution in [0.5, 0.6) is 0 Å². The third kappa shape index (κ3) is 4.09. The molecule has 2 unspecified atom stereocenters. The van der Waals surface area contributed by atoms with Crippen LogP contribution in [0, 0.1) is 0 Å². The molecule has 2 aromatic heterocycles. The molecule has 6 nitrogen and oxygen atoms in total. The van der Waals surface area contributed by atoms with E-state index in [1.165, 1.54) is 11.1 Å². The molecule has 0 aliphatic carbocycles. The van der Waals surface area contributed by atoms with Crippen LogP contribution in [0.1, 0.15) is 31.0 Å². The van der Waals surface area contributed by atoms with Crippen LogP contribution in [-0.2, 0) is 18.3 Å². The summed E-state index contributed by atoms with van der Waals surface area (Å²) in [6, 6.07) is 4.51. The lowest BCUT2D eigenvalue weighted by Crippen LogP contribution is -2.41. The Morgan fingerprint density at radius 2 is 2.26 bits per heavy atom. The Bertz CT molecular complexity index is 624. The van der Waals surface area contributed by atoms with Crippen molar-refractivity contribution < 1.29 is 4.74 Å². The van der Waals surface area contributed by atoms with Gasteiger partial charge in [-0.15, -0.1) is 0 Å². The first-order chi connectivity index (χ1) is 11.1. The molecule has 3 heterocycles. The lowest BCUT2D eigenvalue weighted by atomic mass is 10.2. The van der Waals surface area contributed by atoms with Gasteiger partial charge in [-0.1, -0.05) is 6.07 Å². The molecular weight excluding hydrogens is 290 g/mol. The van der Waals surface area contributed by atoms with Gasteiger partial charge in [-0.05, 0) is 25.5 Å². The molecule has 1 saturated heterocycles. The fourth-order valence-electron chi connectivity index (χ4n) is 2.79. The van der Waals surface area contributed by atoms with Crippen molar-refractivity contribution in [2.75, 3.05) is 24.6 Å². The van der Waals surface area contributed by atoms with E-state index in [0.29, 0.717) is 0 Å². The number of ether oxygens (including phenoxy) is 1. The molecule has 0 spiro atoms. The number of nitrogens with zero attached hydrogens (tertiary/aromatic N) is 4. The van der Waals surface area contributed by atoms with Gasteiger partial charge < -0.3 is 15.0 Å². The summed E-state index contributed by atoms with van der Waals surface area (Å²) < 4.78 is 7.40. The first-order valence-corrected chi connectivity index (χ1v) is 8.15. The summed E-state index contributed by atoms with van der Waals surface area (Å²) in [5.41, 5.74) is 2.38. The van der Waals surface area contributed by atoms with Crippen molar-refractivity contribution in [3.63, 3.8) is 0 Å². The number of anilines is 1. The Morgan fingerprint density at radius 3 is 2.91 bits per heavy atom. The normalized spacial score (nSPS) is 19.8. The summed E-state index contributed by atoms with van der Waals surface area (Å²) in [5.74, 6) is 1.03. The fourth-order valence-corrected chi connectivity index (χ4v) is 2.79. The van der Waals surface area contributed by atoms with E-state index < -0.39 is 0 Å². The number of hydrogen-bond donors (Lipinski definition) is 1. The van der Waals surface area contributed by atoms with Crippen molar-refractivity contribution in [3.8, 4) is 0 Å². The van der Waals surface area contributed by atoms with Crippen LogP contribution in [-0.4, -0.2) is 40.6 Å². The second kappa shape index (κ2) is 7.10. The Hall–Kier alpha value is -1.92. The SMILES string of the molecule is CC1CN(c2ccc(CNC(C)c3cnn(C)c3)cn2)CCO1. The molecule has 1 N–H and O–H groups in total. The van der Waals surface area contributed by atoms with E-state index in [0.717, 1.165) is 32.1 Å². The zero-order valence-electron chi connectivity index (χ0n) is 14.1. The summed E-state index contributed by atoms with van der Waals surface area (Å²) in [7, 11) is 1.94. The fraction of sp³-hybridized carbons (Fsp3) is 0.529. The maximum atomic E-state index is 5.58. The van der Waals surface area contributed by atoms with E-state index in [4.69, 9.17) is 4.74 Å². The number of pyridine rings is 1. The molecule has 1 aliphatic rings. The van der Waals surface area contributed by atoms with Gasteiger partial charge in [-0.2, -0.15) is 5.10 Å². The van der Waals surface area contributed by atoms with Crippen LogP contribution in [0.3, 0.4) is 0 Å². The molecule has 2 atom stereocenters. The minimum atomic E-state index is 0.267. The molecule has 2 aromatic rings. The van der Waals surface area contributed by atoms with Crippen LogP contribution < -0.4 is 10.2 Å². The Kier molecular flexibility index (Phi) is 4.93. The first-order valence-electron chi connectivity index (χ1n) is 8.15. The Morgan fingerprint density at radius 1 is 1.39 bits per heavy atom. The topological polar surface area (TPSA) is 55.2 Å². The van der Waals surface area contributed by atoms with E-state index >= 15 is 0 Å². The molecule has 0 bridgehead atoms. The maximum Gasteiger partial charge on any atom is 0.128 e. The van der Waals surface area contributed by atoms with E-state index in [9.17, 15) is 0 Å². The van der Waals surface area contributed by atoms with Crippen molar-refractivity contribution in [1.82, 2.24) is 20.1 Å². The molecule has 0 saturated carbocycles. The number of hydrogen-bond acceptors (Lipinski definition) is 5. The third-order valence-electron chi connectivity index (χ3n) is 4.21. The predicted molar refractivity (Wildman–Crippen MR) is 90.3 cm³/mol. The molecule has 3 rings (SSSR count). The highest BCUT2D eigenvalue weighted by molar-refractivity contribution is 5.39. The highest BCUT2D eigenvalue weighted by atomic mass is 16.5.